The molecule has 0 saturated heterocycles. The minimum Gasteiger partial charge on any atom is -0.454 e. The van der Waals surface area contributed by atoms with Gasteiger partial charge in [-0.25, -0.2) is 4.79 Å². The molecule has 0 aromatic heterocycles. The van der Waals surface area contributed by atoms with Crippen LogP contribution in [0.1, 0.15) is 45.7 Å². The Morgan fingerprint density at radius 2 is 1.47 bits per heavy atom. The van der Waals surface area contributed by atoms with Crippen LogP contribution in [-0.2, 0) is 14.3 Å². The molecule has 0 radical (unpaired) electrons. The first-order chi connectivity index (χ1) is 15.9. The van der Waals surface area contributed by atoms with E-state index in [0.29, 0.717) is 10.6 Å². The Morgan fingerprint density at radius 1 is 0.941 bits per heavy atom. The van der Waals surface area contributed by atoms with Crippen LogP contribution < -0.4 is 5.32 Å². The third-order valence-corrected chi connectivity index (χ3v) is 7.09. The second-order valence-electron chi connectivity index (χ2n) is 8.15. The third-order valence-electron chi connectivity index (χ3n) is 5.29. The highest BCUT2D eigenvalue weighted by atomic mass is 35.5. The predicted molar refractivity (Wildman–Crippen MR) is 131 cm³/mol. The predicted octanol–water partition coefficient (Wildman–Crippen LogP) is 5.72. The van der Waals surface area contributed by atoms with Crippen LogP contribution in [0.3, 0.4) is 0 Å². The van der Waals surface area contributed by atoms with Crippen molar-refractivity contribution in [2.75, 3.05) is 11.9 Å². The van der Waals surface area contributed by atoms with Crippen LogP contribution in [0.4, 0.5) is 5.69 Å². The van der Waals surface area contributed by atoms with Gasteiger partial charge in [0, 0.05) is 5.69 Å². The van der Waals surface area contributed by atoms with Gasteiger partial charge in [0.25, 0.3) is 17.7 Å². The molecule has 180 valence electrons. The number of halogens is 4. The number of esters is 1. The van der Waals surface area contributed by atoms with Gasteiger partial charge < -0.3 is 10.1 Å². The summed E-state index contributed by atoms with van der Waals surface area (Å²) in [6.07, 6.45) is 0. The van der Waals surface area contributed by atoms with Gasteiger partial charge in [0.2, 0.25) is 0 Å². The molecular formula is C23H20Cl4N2O5. The van der Waals surface area contributed by atoms with Crippen molar-refractivity contribution >= 4 is 75.8 Å². The Kier molecular flexibility index (Phi) is 7.82. The number of imide groups is 1. The van der Waals surface area contributed by atoms with Crippen molar-refractivity contribution in [3.8, 4) is 0 Å². The zero-order chi connectivity index (χ0) is 25.5. The highest BCUT2D eigenvalue weighted by Gasteiger charge is 2.48. The van der Waals surface area contributed by atoms with Crippen molar-refractivity contribution < 1.29 is 23.9 Å². The number of aryl methyl sites for hydroxylation is 2. The number of benzene rings is 2. The van der Waals surface area contributed by atoms with E-state index in [1.54, 1.807) is 19.9 Å². The lowest BCUT2D eigenvalue weighted by atomic mass is 10.0. The summed E-state index contributed by atoms with van der Waals surface area (Å²) < 4.78 is 5.16. The first kappa shape index (κ1) is 26.3. The first-order valence-electron chi connectivity index (χ1n) is 10.1. The quantitative estimate of drug-likeness (QED) is 0.217. The monoisotopic (exact) mass is 544 g/mol. The molecule has 0 aliphatic carbocycles. The van der Waals surface area contributed by atoms with Gasteiger partial charge in [0.15, 0.2) is 6.61 Å². The topological polar surface area (TPSA) is 92.8 Å². The summed E-state index contributed by atoms with van der Waals surface area (Å²) in [4.78, 5) is 52.2. The molecule has 0 fully saturated rings. The number of fused-ring (bicyclic) bond motifs is 1. The molecule has 34 heavy (non-hydrogen) atoms. The van der Waals surface area contributed by atoms with E-state index in [1.165, 1.54) is 0 Å². The van der Waals surface area contributed by atoms with Crippen LogP contribution in [0, 0.1) is 19.8 Å². The van der Waals surface area contributed by atoms with Crippen molar-refractivity contribution in [2.45, 2.75) is 33.7 Å². The highest BCUT2D eigenvalue weighted by molar-refractivity contribution is 6.55. The van der Waals surface area contributed by atoms with Crippen molar-refractivity contribution in [3.63, 3.8) is 0 Å². The van der Waals surface area contributed by atoms with Crippen molar-refractivity contribution in [3.05, 3.63) is 60.5 Å². The molecule has 0 saturated carbocycles. The number of rotatable bonds is 6. The summed E-state index contributed by atoms with van der Waals surface area (Å²) in [5.41, 5.74) is 1.97. The number of carbonyl (C=O) groups is 4. The largest absolute Gasteiger partial charge is 0.454 e. The molecule has 2 aromatic carbocycles. The summed E-state index contributed by atoms with van der Waals surface area (Å²) in [6.45, 7) is 6.38. The molecule has 3 amide bonds. The minimum atomic E-state index is -1.34. The van der Waals surface area contributed by atoms with Crippen molar-refractivity contribution in [1.29, 1.82) is 0 Å². The number of nitrogens with one attached hydrogen (secondary N) is 1. The van der Waals surface area contributed by atoms with E-state index in [4.69, 9.17) is 51.1 Å². The SMILES string of the molecule is Cc1ccc(NC(=O)COC(=O)[C@@H](C(C)C)N2C(=O)c3c(Cl)c(Cl)c(Cl)c(Cl)c3C2=O)c(C)c1. The molecular weight excluding hydrogens is 526 g/mol. The average molecular weight is 546 g/mol. The zero-order valence-electron chi connectivity index (χ0n) is 18.6. The van der Waals surface area contributed by atoms with Gasteiger partial charge in [-0.1, -0.05) is 77.9 Å². The van der Waals surface area contributed by atoms with E-state index in [1.807, 2.05) is 26.0 Å². The van der Waals surface area contributed by atoms with Crippen LogP contribution in [0.2, 0.25) is 20.1 Å². The molecule has 3 rings (SSSR count). The molecule has 1 heterocycles. The zero-order valence-corrected chi connectivity index (χ0v) is 21.6. The number of hydrogen-bond acceptors (Lipinski definition) is 5. The maximum absolute atomic E-state index is 13.1. The molecule has 11 heteroatoms. The van der Waals surface area contributed by atoms with Gasteiger partial charge in [-0.2, -0.15) is 0 Å². The van der Waals surface area contributed by atoms with Crippen LogP contribution in [0.25, 0.3) is 0 Å². The van der Waals surface area contributed by atoms with E-state index < -0.39 is 42.3 Å². The Morgan fingerprint density at radius 3 is 1.94 bits per heavy atom. The van der Waals surface area contributed by atoms with E-state index in [0.717, 1.165) is 11.1 Å². The van der Waals surface area contributed by atoms with E-state index in [-0.39, 0.29) is 31.2 Å². The summed E-state index contributed by atoms with van der Waals surface area (Å²) in [7, 11) is 0. The Bertz CT molecular complexity index is 1180. The highest BCUT2D eigenvalue weighted by Crippen LogP contribution is 2.45. The summed E-state index contributed by atoms with van der Waals surface area (Å²) in [5, 5.41) is 1.82. The second-order valence-corrected chi connectivity index (χ2v) is 9.66. The molecule has 1 atom stereocenters. The number of hydrogen-bond donors (Lipinski definition) is 1. The summed E-state index contributed by atoms with van der Waals surface area (Å²) >= 11 is 24.4. The number of amides is 3. The number of nitrogens with zero attached hydrogens (tertiary/aromatic N) is 1. The lowest BCUT2D eigenvalue weighted by molar-refractivity contribution is -0.152. The van der Waals surface area contributed by atoms with Gasteiger partial charge in [-0.15, -0.1) is 0 Å². The normalized spacial score (nSPS) is 13.9. The average Bonchev–Trinajstić information content (AvgIpc) is 3.02. The summed E-state index contributed by atoms with van der Waals surface area (Å²) in [6, 6.07) is 4.13. The van der Waals surface area contributed by atoms with E-state index >= 15 is 0 Å². The summed E-state index contributed by atoms with van der Waals surface area (Å²) in [5.74, 6) is -3.79. The fraction of sp³-hybridized carbons (Fsp3) is 0.304. The van der Waals surface area contributed by atoms with Crippen LogP contribution in [0.5, 0.6) is 0 Å². The molecule has 0 unspecified atom stereocenters. The van der Waals surface area contributed by atoms with Crippen molar-refractivity contribution in [1.82, 2.24) is 4.90 Å². The third kappa shape index (κ3) is 4.75. The Hall–Kier alpha value is -2.32. The lowest BCUT2D eigenvalue weighted by Crippen LogP contribution is -2.49. The molecule has 2 aromatic rings. The van der Waals surface area contributed by atoms with Crippen LogP contribution >= 0.6 is 46.4 Å². The van der Waals surface area contributed by atoms with Gasteiger partial charge in [0.05, 0.1) is 31.2 Å². The molecule has 0 spiro atoms. The molecule has 0 bridgehead atoms. The first-order valence-corrected chi connectivity index (χ1v) is 11.7. The Labute approximate surface area is 216 Å². The van der Waals surface area contributed by atoms with Crippen LogP contribution in [0.15, 0.2) is 18.2 Å². The smallest absolute Gasteiger partial charge is 0.330 e. The minimum absolute atomic E-state index is 0.179. The fourth-order valence-corrected chi connectivity index (χ4v) is 4.67. The molecule has 1 aliphatic heterocycles. The number of carbonyl (C=O) groups excluding carboxylic acids is 4. The lowest BCUT2D eigenvalue weighted by Gasteiger charge is -2.27. The second kappa shape index (κ2) is 10.1. The Balaban J connectivity index is 1.81. The van der Waals surface area contributed by atoms with E-state index in [9.17, 15) is 19.2 Å². The van der Waals surface area contributed by atoms with Gasteiger partial charge >= 0.3 is 5.97 Å². The molecule has 1 N–H and O–H groups in total. The van der Waals surface area contributed by atoms with Gasteiger partial charge in [0.1, 0.15) is 6.04 Å². The van der Waals surface area contributed by atoms with Gasteiger partial charge in [-0.3, -0.25) is 19.3 Å². The standard InChI is InChI=1S/C23H20Cl4N2O5/c1-9(2)20(23(33)34-8-13(30)28-12-6-5-10(3)7-11(12)4)29-21(31)14-15(22(29)32)17(25)19(27)18(26)16(14)24/h5-7,9,20H,8H2,1-4H3,(H,28,30)/t20-/m1/s1. The number of ether oxygens (including phenoxy) is 1. The fourth-order valence-electron chi connectivity index (χ4n) is 3.66. The van der Waals surface area contributed by atoms with E-state index in [2.05, 4.69) is 5.32 Å². The van der Waals surface area contributed by atoms with Gasteiger partial charge in [-0.05, 0) is 31.4 Å². The van der Waals surface area contributed by atoms with Crippen molar-refractivity contribution in [2.24, 2.45) is 5.92 Å². The maximum Gasteiger partial charge on any atom is 0.330 e. The maximum atomic E-state index is 13.1. The molecule has 1 aliphatic rings. The number of anilines is 1. The molecule has 7 nitrogen and oxygen atoms in total. The van der Waals surface area contributed by atoms with Crippen LogP contribution in [-0.4, -0.2) is 41.2 Å².